The molecule has 0 saturated heterocycles. The monoisotopic (exact) mass is 485 g/mol. The molecule has 5 rings (SSSR count). The number of aryl methyl sites for hydroxylation is 1. The molecule has 3 aliphatic rings. The minimum absolute atomic E-state index is 0.0158. The first-order chi connectivity index (χ1) is 16.4. The number of hydrogen-bond acceptors (Lipinski definition) is 6. The summed E-state index contributed by atoms with van der Waals surface area (Å²) >= 11 is 0. The maximum Gasteiger partial charge on any atom is 0.311 e. The van der Waals surface area contributed by atoms with Crippen LogP contribution >= 0.6 is 0 Å². The number of rotatable bonds is 4. The lowest BCUT2D eigenvalue weighted by Gasteiger charge is -2.38. The van der Waals surface area contributed by atoms with Crippen molar-refractivity contribution in [1.82, 2.24) is 25.1 Å². The molecule has 2 aliphatic heterocycles. The molecule has 1 aromatic heterocycles. The molecule has 3 amide bonds. The number of carbonyl (C=O) groups excluding carboxylic acids is 3. The topological polar surface area (TPSA) is 134 Å². The molecule has 0 spiro atoms. The van der Waals surface area contributed by atoms with E-state index in [0.717, 1.165) is 20.6 Å². The zero-order valence-corrected chi connectivity index (χ0v) is 19.9. The van der Waals surface area contributed by atoms with Gasteiger partial charge in [0.2, 0.25) is 5.75 Å². The molecule has 10 nitrogen and oxygen atoms in total. The van der Waals surface area contributed by atoms with Gasteiger partial charge in [-0.2, -0.15) is 0 Å². The van der Waals surface area contributed by atoms with E-state index >= 15 is 4.39 Å². The number of carbonyl (C=O) groups is 3. The van der Waals surface area contributed by atoms with Crippen molar-refractivity contribution in [2.75, 3.05) is 14.1 Å². The Balaban J connectivity index is 1.74. The third kappa shape index (κ3) is 4.50. The van der Waals surface area contributed by atoms with Gasteiger partial charge >= 0.3 is 11.8 Å². The first kappa shape index (κ1) is 24.4. The average molecular weight is 486 g/mol. The van der Waals surface area contributed by atoms with E-state index in [4.69, 9.17) is 0 Å². The van der Waals surface area contributed by atoms with Gasteiger partial charge in [0.15, 0.2) is 5.69 Å². The molecule has 1 aliphatic carbocycles. The second-order valence-electron chi connectivity index (χ2n) is 9.58. The van der Waals surface area contributed by atoms with Crippen LogP contribution in [0.25, 0.3) is 0 Å². The minimum Gasteiger partial charge on any atom is -0.501 e. The number of amides is 3. The standard InChI is InChI=1S/C24H28FN5O5/c1-14-5-4-6-15(11-14)12-26-18(32)16-17(31)20(34)30-13-23(25)7-9-24(10-8-23,22(30)27-16)28-19(33)21(35)29(2)3/h4-6,11,31H,7-10,12-13H2,1-3H3,(H,26,32)(H,28,33). The molecule has 11 heteroatoms. The predicted molar refractivity (Wildman–Crippen MR) is 123 cm³/mol. The Kier molecular flexibility index (Phi) is 6.12. The summed E-state index contributed by atoms with van der Waals surface area (Å²) in [6.45, 7) is 1.67. The fraction of sp³-hybridized carbons (Fsp3) is 0.458. The summed E-state index contributed by atoms with van der Waals surface area (Å²) in [7, 11) is 2.84. The number of aromatic hydroxyl groups is 1. The molecular weight excluding hydrogens is 457 g/mol. The zero-order valence-electron chi connectivity index (χ0n) is 19.9. The maximum absolute atomic E-state index is 15.4. The number of hydrogen-bond donors (Lipinski definition) is 3. The minimum atomic E-state index is -1.74. The smallest absolute Gasteiger partial charge is 0.311 e. The molecule has 186 valence electrons. The van der Waals surface area contributed by atoms with Crippen LogP contribution in [0.3, 0.4) is 0 Å². The van der Waals surface area contributed by atoms with Gasteiger partial charge in [-0.3, -0.25) is 23.7 Å². The summed E-state index contributed by atoms with van der Waals surface area (Å²) in [5.41, 5.74) is -2.75. The molecular formula is C24H28FN5O5. The number of benzene rings is 1. The number of likely N-dealkylation sites (N-methyl/N-ethyl adjacent to an activating group) is 1. The summed E-state index contributed by atoms with van der Waals surface area (Å²) in [6, 6.07) is 7.45. The number of halogens is 1. The van der Waals surface area contributed by atoms with Crippen molar-refractivity contribution in [3.63, 3.8) is 0 Å². The number of nitrogens with zero attached hydrogens (tertiary/aromatic N) is 3. The van der Waals surface area contributed by atoms with Crippen molar-refractivity contribution in [3.05, 3.63) is 57.3 Å². The molecule has 2 bridgehead atoms. The van der Waals surface area contributed by atoms with E-state index in [-0.39, 0.29) is 44.6 Å². The van der Waals surface area contributed by atoms with E-state index in [0.29, 0.717) is 0 Å². The molecule has 35 heavy (non-hydrogen) atoms. The summed E-state index contributed by atoms with van der Waals surface area (Å²) < 4.78 is 16.4. The van der Waals surface area contributed by atoms with Gasteiger partial charge in [0.05, 0.1) is 12.1 Å². The van der Waals surface area contributed by atoms with Crippen LogP contribution in [0.5, 0.6) is 5.75 Å². The second kappa shape index (κ2) is 8.79. The Morgan fingerprint density at radius 3 is 2.51 bits per heavy atom. The van der Waals surface area contributed by atoms with Crippen molar-refractivity contribution >= 4 is 17.7 Å². The first-order valence-corrected chi connectivity index (χ1v) is 11.4. The molecule has 3 N–H and O–H groups in total. The Hall–Kier alpha value is -3.76. The summed E-state index contributed by atoms with van der Waals surface area (Å²) in [5.74, 6) is -3.47. The fourth-order valence-corrected chi connectivity index (χ4v) is 4.75. The highest BCUT2D eigenvalue weighted by atomic mass is 19.1. The van der Waals surface area contributed by atoms with Crippen LogP contribution in [0, 0.1) is 6.92 Å². The molecule has 0 unspecified atom stereocenters. The van der Waals surface area contributed by atoms with Crippen molar-refractivity contribution < 1.29 is 23.9 Å². The second-order valence-corrected chi connectivity index (χ2v) is 9.58. The largest absolute Gasteiger partial charge is 0.501 e. The van der Waals surface area contributed by atoms with Gasteiger partial charge < -0.3 is 20.6 Å². The average Bonchev–Trinajstić information content (AvgIpc) is 3.01. The molecule has 1 fully saturated rings. The van der Waals surface area contributed by atoms with Crippen LogP contribution < -0.4 is 16.2 Å². The summed E-state index contributed by atoms with van der Waals surface area (Å²) in [6.07, 6.45) is 0.193. The molecule has 0 radical (unpaired) electrons. The molecule has 3 heterocycles. The molecule has 1 saturated carbocycles. The lowest BCUT2D eigenvalue weighted by Crippen LogP contribution is -2.54. The van der Waals surface area contributed by atoms with Crippen LogP contribution in [0.15, 0.2) is 29.1 Å². The molecule has 2 aromatic rings. The van der Waals surface area contributed by atoms with Crippen molar-refractivity contribution in [1.29, 1.82) is 0 Å². The van der Waals surface area contributed by atoms with Crippen LogP contribution in [0.2, 0.25) is 0 Å². The molecule has 1 aromatic carbocycles. The van der Waals surface area contributed by atoms with E-state index in [9.17, 15) is 24.3 Å². The molecule has 0 atom stereocenters. The van der Waals surface area contributed by atoms with Gasteiger partial charge in [-0.1, -0.05) is 29.8 Å². The van der Waals surface area contributed by atoms with Gasteiger partial charge in [0.25, 0.3) is 11.5 Å². The first-order valence-electron chi connectivity index (χ1n) is 11.4. The van der Waals surface area contributed by atoms with E-state index < -0.39 is 45.9 Å². The van der Waals surface area contributed by atoms with Crippen molar-refractivity contribution in [2.45, 2.75) is 56.9 Å². The number of nitrogens with one attached hydrogen (secondary N) is 2. The van der Waals surface area contributed by atoms with Crippen LogP contribution in [-0.4, -0.2) is 57.0 Å². The van der Waals surface area contributed by atoms with E-state index in [1.807, 2.05) is 31.2 Å². The summed E-state index contributed by atoms with van der Waals surface area (Å²) in [5, 5.41) is 15.8. The van der Waals surface area contributed by atoms with Gasteiger partial charge in [0, 0.05) is 20.6 Å². The third-order valence-electron chi connectivity index (χ3n) is 6.72. The van der Waals surface area contributed by atoms with Gasteiger partial charge in [0.1, 0.15) is 11.5 Å². The van der Waals surface area contributed by atoms with Gasteiger partial charge in [-0.05, 0) is 38.2 Å². The van der Waals surface area contributed by atoms with E-state index in [1.54, 1.807) is 0 Å². The van der Waals surface area contributed by atoms with Crippen molar-refractivity contribution in [3.8, 4) is 5.75 Å². The zero-order chi connectivity index (χ0) is 25.5. The Morgan fingerprint density at radius 1 is 1.20 bits per heavy atom. The highest BCUT2D eigenvalue weighted by Crippen LogP contribution is 2.46. The fourth-order valence-electron chi connectivity index (χ4n) is 4.75. The van der Waals surface area contributed by atoms with Crippen LogP contribution in [0.4, 0.5) is 4.39 Å². The van der Waals surface area contributed by atoms with Gasteiger partial charge in [-0.15, -0.1) is 0 Å². The normalized spacial score (nSPS) is 22.6. The van der Waals surface area contributed by atoms with Crippen molar-refractivity contribution in [2.24, 2.45) is 0 Å². The predicted octanol–water partition coefficient (Wildman–Crippen LogP) is 0.883. The quantitative estimate of drug-likeness (QED) is 0.551. The SMILES string of the molecule is Cc1cccc(CNC(=O)c2nc3n(c(=O)c2O)CC2(F)CCC3(NC(=O)C(=O)N(C)C)CC2)c1. The summed E-state index contributed by atoms with van der Waals surface area (Å²) in [4.78, 5) is 56.3. The van der Waals surface area contributed by atoms with Gasteiger partial charge in [-0.25, -0.2) is 9.37 Å². The third-order valence-corrected chi connectivity index (χ3v) is 6.72. The highest BCUT2D eigenvalue weighted by molar-refractivity contribution is 6.35. The van der Waals surface area contributed by atoms with E-state index in [1.165, 1.54) is 14.1 Å². The van der Waals surface area contributed by atoms with Crippen LogP contribution in [0.1, 0.15) is 53.1 Å². The Bertz CT molecular complexity index is 1260. The Morgan fingerprint density at radius 2 is 1.89 bits per heavy atom. The highest BCUT2D eigenvalue weighted by Gasteiger charge is 2.52. The van der Waals surface area contributed by atoms with Crippen LogP contribution in [-0.2, 0) is 28.2 Å². The number of alkyl halides is 1. The van der Waals surface area contributed by atoms with E-state index in [2.05, 4.69) is 15.6 Å². The number of aromatic nitrogens is 2. The lowest BCUT2D eigenvalue weighted by atomic mass is 9.76. The Labute approximate surface area is 201 Å². The lowest BCUT2D eigenvalue weighted by molar-refractivity contribution is -0.145. The maximum atomic E-state index is 15.4. The number of fused-ring (bicyclic) bond motifs is 2.